The predicted octanol–water partition coefficient (Wildman–Crippen LogP) is 4.57. The second-order valence-electron chi connectivity index (χ2n) is 6.23. The number of hydrogen-bond acceptors (Lipinski definition) is 2. The molecule has 4 rings (SSSR count). The van der Waals surface area contributed by atoms with Gasteiger partial charge in [-0.15, -0.1) is 0 Å². The lowest BCUT2D eigenvalue weighted by Gasteiger charge is -2.06. The molecule has 0 radical (unpaired) electrons. The van der Waals surface area contributed by atoms with Crippen molar-refractivity contribution < 1.29 is 8.98 Å². The summed E-state index contributed by atoms with van der Waals surface area (Å²) in [6, 6.07) is 16.4. The highest BCUT2D eigenvalue weighted by atomic mass is 16.3. The Labute approximate surface area is 140 Å². The summed E-state index contributed by atoms with van der Waals surface area (Å²) in [6.07, 6.45) is 2.06. The van der Waals surface area contributed by atoms with Crippen LogP contribution in [0.15, 0.2) is 53.1 Å². The molecule has 3 heteroatoms. The van der Waals surface area contributed by atoms with Gasteiger partial charge < -0.3 is 4.42 Å². The van der Waals surface area contributed by atoms with Crippen LogP contribution in [0.3, 0.4) is 0 Å². The van der Waals surface area contributed by atoms with Gasteiger partial charge >= 0.3 is 0 Å². The standard InChI is InChI=1S/C21H17N2O/c1-13-9-10-23(3)18(11-13)19-14(2)7-8-17-16-6-4-5-15(12-22)20(16)24-21(17)19/h4-11H,1-3H3/q+1. The van der Waals surface area contributed by atoms with Gasteiger partial charge in [0.1, 0.15) is 18.7 Å². The molecule has 0 saturated carbocycles. The average Bonchev–Trinajstić information content (AvgIpc) is 2.95. The van der Waals surface area contributed by atoms with Gasteiger partial charge in [0.25, 0.3) is 0 Å². The first-order chi connectivity index (χ1) is 11.6. The minimum atomic E-state index is 0.570. The largest absolute Gasteiger partial charge is 0.454 e. The van der Waals surface area contributed by atoms with Gasteiger partial charge in [0.2, 0.25) is 5.69 Å². The first kappa shape index (κ1) is 14.5. The van der Waals surface area contributed by atoms with Crippen LogP contribution in [0.5, 0.6) is 0 Å². The second kappa shape index (κ2) is 5.21. The molecule has 0 aliphatic carbocycles. The van der Waals surface area contributed by atoms with Crippen molar-refractivity contribution in [3.8, 4) is 17.3 Å². The second-order valence-corrected chi connectivity index (χ2v) is 6.23. The van der Waals surface area contributed by atoms with E-state index in [0.717, 1.165) is 33.2 Å². The maximum atomic E-state index is 9.37. The van der Waals surface area contributed by atoms with E-state index in [0.29, 0.717) is 11.1 Å². The van der Waals surface area contributed by atoms with Crippen molar-refractivity contribution >= 4 is 21.9 Å². The molecule has 0 atom stereocenters. The van der Waals surface area contributed by atoms with E-state index in [9.17, 15) is 5.26 Å². The lowest BCUT2D eigenvalue weighted by Crippen LogP contribution is -2.30. The first-order valence-electron chi connectivity index (χ1n) is 7.91. The Kier molecular flexibility index (Phi) is 3.14. The number of furan rings is 1. The molecule has 24 heavy (non-hydrogen) atoms. The van der Waals surface area contributed by atoms with Crippen molar-refractivity contribution in [2.45, 2.75) is 13.8 Å². The highest BCUT2D eigenvalue weighted by Crippen LogP contribution is 2.37. The molecule has 2 aromatic carbocycles. The van der Waals surface area contributed by atoms with E-state index in [1.54, 1.807) is 6.07 Å². The number of rotatable bonds is 1. The zero-order valence-electron chi connectivity index (χ0n) is 13.9. The summed E-state index contributed by atoms with van der Waals surface area (Å²) in [5.74, 6) is 0. The minimum absolute atomic E-state index is 0.570. The third kappa shape index (κ3) is 2.00. The third-order valence-corrected chi connectivity index (χ3v) is 4.56. The Morgan fingerprint density at radius 1 is 1.00 bits per heavy atom. The van der Waals surface area contributed by atoms with Crippen LogP contribution in [0.2, 0.25) is 0 Å². The summed E-state index contributed by atoms with van der Waals surface area (Å²) >= 11 is 0. The number of benzene rings is 2. The quantitative estimate of drug-likeness (QED) is 0.483. The monoisotopic (exact) mass is 313 g/mol. The zero-order valence-corrected chi connectivity index (χ0v) is 13.9. The minimum Gasteiger partial charge on any atom is -0.454 e. The number of fused-ring (bicyclic) bond motifs is 3. The number of aromatic nitrogens is 1. The van der Waals surface area contributed by atoms with E-state index in [-0.39, 0.29) is 0 Å². The molecule has 0 amide bonds. The van der Waals surface area contributed by atoms with Crippen molar-refractivity contribution in [3.63, 3.8) is 0 Å². The van der Waals surface area contributed by atoms with Gasteiger partial charge in [-0.1, -0.05) is 24.3 Å². The normalized spacial score (nSPS) is 11.1. The Bertz CT molecular complexity index is 1150. The lowest BCUT2D eigenvalue weighted by molar-refractivity contribution is -0.660. The maximum absolute atomic E-state index is 9.37. The molecule has 116 valence electrons. The molecule has 0 fully saturated rings. The molecule has 2 aromatic heterocycles. The van der Waals surface area contributed by atoms with Gasteiger partial charge in [-0.25, -0.2) is 4.57 Å². The number of nitriles is 1. The molecule has 3 nitrogen and oxygen atoms in total. The zero-order chi connectivity index (χ0) is 16.8. The topological polar surface area (TPSA) is 40.8 Å². The molecule has 0 aliphatic rings. The highest BCUT2D eigenvalue weighted by Gasteiger charge is 2.21. The summed E-state index contributed by atoms with van der Waals surface area (Å²) in [7, 11) is 2.04. The fraction of sp³-hybridized carbons (Fsp3) is 0.143. The van der Waals surface area contributed by atoms with Crippen LogP contribution in [0.1, 0.15) is 16.7 Å². The average molecular weight is 313 g/mol. The van der Waals surface area contributed by atoms with Crippen LogP contribution < -0.4 is 4.57 Å². The Balaban J connectivity index is 2.18. The van der Waals surface area contributed by atoms with Gasteiger partial charge in [0.05, 0.1) is 11.1 Å². The van der Waals surface area contributed by atoms with E-state index in [1.807, 2.05) is 19.2 Å². The van der Waals surface area contributed by atoms with Crippen LogP contribution in [0, 0.1) is 25.2 Å². The fourth-order valence-corrected chi connectivity index (χ4v) is 3.29. The van der Waals surface area contributed by atoms with Crippen LogP contribution in [-0.2, 0) is 7.05 Å². The summed E-state index contributed by atoms with van der Waals surface area (Å²) in [5.41, 5.74) is 6.62. The number of nitrogens with zero attached hydrogens (tertiary/aromatic N) is 2. The molecular formula is C21H17N2O+. The molecular weight excluding hydrogens is 296 g/mol. The molecule has 0 spiro atoms. The van der Waals surface area contributed by atoms with Gasteiger partial charge in [-0.05, 0) is 31.0 Å². The van der Waals surface area contributed by atoms with Crippen LogP contribution in [-0.4, -0.2) is 0 Å². The fourth-order valence-electron chi connectivity index (χ4n) is 3.29. The molecule has 4 aromatic rings. The van der Waals surface area contributed by atoms with Gasteiger partial charge in [-0.3, -0.25) is 0 Å². The van der Waals surface area contributed by atoms with E-state index in [1.165, 1.54) is 5.56 Å². The molecule has 0 bridgehead atoms. The summed E-state index contributed by atoms with van der Waals surface area (Å²) in [6.45, 7) is 4.18. The molecule has 0 unspecified atom stereocenters. The lowest BCUT2D eigenvalue weighted by atomic mass is 9.99. The smallest absolute Gasteiger partial charge is 0.216 e. The van der Waals surface area contributed by atoms with E-state index >= 15 is 0 Å². The molecule has 0 N–H and O–H groups in total. The predicted molar refractivity (Wildman–Crippen MR) is 94.5 cm³/mol. The Hall–Kier alpha value is -3.12. The molecule has 0 saturated heterocycles. The molecule has 0 aliphatic heterocycles. The van der Waals surface area contributed by atoms with Crippen molar-refractivity contribution in [1.29, 1.82) is 5.26 Å². The number of para-hydroxylation sites is 1. The van der Waals surface area contributed by atoms with Gasteiger partial charge in [-0.2, -0.15) is 5.26 Å². The SMILES string of the molecule is Cc1cc[n+](C)c(-c2c(C)ccc3c2oc2c(C#N)cccc23)c1. The summed E-state index contributed by atoms with van der Waals surface area (Å²) in [5, 5.41) is 11.4. The summed E-state index contributed by atoms with van der Waals surface area (Å²) in [4.78, 5) is 0. The first-order valence-corrected chi connectivity index (χ1v) is 7.91. The van der Waals surface area contributed by atoms with E-state index in [2.05, 4.69) is 54.9 Å². The van der Waals surface area contributed by atoms with Crippen molar-refractivity contribution in [2.75, 3.05) is 0 Å². The highest BCUT2D eigenvalue weighted by molar-refractivity contribution is 6.10. The molecule has 2 heterocycles. The van der Waals surface area contributed by atoms with Crippen molar-refractivity contribution in [3.05, 3.63) is 65.4 Å². The Morgan fingerprint density at radius 3 is 2.58 bits per heavy atom. The van der Waals surface area contributed by atoms with Crippen LogP contribution in [0.4, 0.5) is 0 Å². The number of hydrogen-bond donors (Lipinski definition) is 0. The van der Waals surface area contributed by atoms with Gasteiger partial charge in [0.15, 0.2) is 11.8 Å². The van der Waals surface area contributed by atoms with Crippen LogP contribution in [0.25, 0.3) is 33.2 Å². The van der Waals surface area contributed by atoms with Crippen LogP contribution >= 0.6 is 0 Å². The van der Waals surface area contributed by atoms with Gasteiger partial charge in [0, 0.05) is 22.9 Å². The number of aryl methyl sites for hydroxylation is 3. The summed E-state index contributed by atoms with van der Waals surface area (Å²) < 4.78 is 8.30. The number of pyridine rings is 1. The van der Waals surface area contributed by atoms with E-state index < -0.39 is 0 Å². The Morgan fingerprint density at radius 2 is 1.79 bits per heavy atom. The maximum Gasteiger partial charge on any atom is 0.216 e. The third-order valence-electron chi connectivity index (χ3n) is 4.56. The van der Waals surface area contributed by atoms with Crippen molar-refractivity contribution in [1.82, 2.24) is 0 Å². The van der Waals surface area contributed by atoms with Crippen molar-refractivity contribution in [2.24, 2.45) is 7.05 Å². The van der Waals surface area contributed by atoms with E-state index in [4.69, 9.17) is 4.42 Å².